The van der Waals surface area contributed by atoms with Crippen LogP contribution < -0.4 is 16.2 Å². The number of hydrogen-bond acceptors (Lipinski definition) is 4. The second-order valence-corrected chi connectivity index (χ2v) is 3.30. The molecule has 0 aromatic heterocycles. The van der Waals surface area contributed by atoms with Gasteiger partial charge < -0.3 is 16.2 Å². The van der Waals surface area contributed by atoms with Crippen LogP contribution in [0, 0.1) is 5.41 Å². The molecule has 1 aromatic rings. The number of benzene rings is 1. The van der Waals surface area contributed by atoms with Gasteiger partial charge in [0, 0.05) is 13.0 Å². The van der Waals surface area contributed by atoms with Crippen molar-refractivity contribution < 1.29 is 9.53 Å². The molecule has 1 rings (SSSR count). The molecule has 0 aliphatic carbocycles. The van der Waals surface area contributed by atoms with Crippen LogP contribution in [0.5, 0.6) is 5.75 Å². The predicted octanol–water partition coefficient (Wildman–Crippen LogP) is 0.0717. The molecule has 0 fully saturated rings. The Morgan fingerprint density at radius 1 is 1.31 bits per heavy atom. The van der Waals surface area contributed by atoms with Crippen LogP contribution in [0.2, 0.25) is 0 Å². The standard InChI is InChI=1S/C11H15N3O2/c12-5-6-16-9-3-1-8(2-4-9)7-10(13)11(14)15/h1-4,13H,5-7,12H2,(H2,14,15). The van der Waals surface area contributed by atoms with Crippen LogP contribution in [-0.2, 0) is 11.2 Å². The first-order chi connectivity index (χ1) is 7.63. The van der Waals surface area contributed by atoms with Gasteiger partial charge in [-0.3, -0.25) is 10.2 Å². The van der Waals surface area contributed by atoms with Crippen molar-refractivity contribution in [2.45, 2.75) is 6.42 Å². The first-order valence-electron chi connectivity index (χ1n) is 4.92. The zero-order valence-electron chi connectivity index (χ0n) is 8.90. The lowest BCUT2D eigenvalue weighted by atomic mass is 10.1. The quantitative estimate of drug-likeness (QED) is 0.592. The number of carbonyl (C=O) groups excluding carboxylic acids is 1. The highest BCUT2D eigenvalue weighted by molar-refractivity contribution is 6.37. The van der Waals surface area contributed by atoms with E-state index in [-0.39, 0.29) is 12.1 Å². The SMILES string of the molecule is N=C(Cc1ccc(OCCN)cc1)C(N)=O. The summed E-state index contributed by atoms with van der Waals surface area (Å²) in [6.07, 6.45) is 0.243. The van der Waals surface area contributed by atoms with Crippen molar-refractivity contribution in [1.82, 2.24) is 0 Å². The van der Waals surface area contributed by atoms with Gasteiger partial charge in [-0.15, -0.1) is 0 Å². The van der Waals surface area contributed by atoms with E-state index in [1.165, 1.54) is 0 Å². The summed E-state index contributed by atoms with van der Waals surface area (Å²) >= 11 is 0. The molecule has 1 amide bonds. The van der Waals surface area contributed by atoms with E-state index >= 15 is 0 Å². The summed E-state index contributed by atoms with van der Waals surface area (Å²) in [5, 5.41) is 7.32. The molecule has 0 radical (unpaired) electrons. The maximum absolute atomic E-state index is 10.7. The van der Waals surface area contributed by atoms with Crippen molar-refractivity contribution in [2.24, 2.45) is 11.5 Å². The normalized spacial score (nSPS) is 9.81. The molecule has 16 heavy (non-hydrogen) atoms. The molecule has 5 N–H and O–H groups in total. The summed E-state index contributed by atoms with van der Waals surface area (Å²) in [5.74, 6) is 0.0308. The Hall–Kier alpha value is -1.88. The molecule has 0 heterocycles. The highest BCUT2D eigenvalue weighted by atomic mass is 16.5. The lowest BCUT2D eigenvalue weighted by Crippen LogP contribution is -2.24. The van der Waals surface area contributed by atoms with Crippen molar-refractivity contribution in [3.05, 3.63) is 29.8 Å². The number of amides is 1. The molecule has 86 valence electrons. The molecule has 0 saturated carbocycles. The number of ether oxygens (including phenoxy) is 1. The Balaban J connectivity index is 2.57. The lowest BCUT2D eigenvalue weighted by molar-refractivity contribution is -0.112. The molecule has 0 aliphatic heterocycles. The number of carbonyl (C=O) groups is 1. The predicted molar refractivity (Wildman–Crippen MR) is 61.6 cm³/mol. The zero-order valence-corrected chi connectivity index (χ0v) is 8.90. The Kier molecular flexibility index (Phi) is 4.47. The summed E-state index contributed by atoms with van der Waals surface area (Å²) < 4.78 is 5.29. The third-order valence-corrected chi connectivity index (χ3v) is 1.99. The summed E-state index contributed by atoms with van der Waals surface area (Å²) in [6.45, 7) is 0.935. The minimum atomic E-state index is -0.691. The third-order valence-electron chi connectivity index (χ3n) is 1.99. The van der Waals surface area contributed by atoms with Gasteiger partial charge in [-0.2, -0.15) is 0 Å². The van der Waals surface area contributed by atoms with Crippen LogP contribution >= 0.6 is 0 Å². The van der Waals surface area contributed by atoms with Crippen LogP contribution in [0.4, 0.5) is 0 Å². The van der Waals surface area contributed by atoms with Crippen molar-refractivity contribution >= 4 is 11.6 Å². The second-order valence-electron chi connectivity index (χ2n) is 3.30. The summed E-state index contributed by atoms with van der Waals surface area (Å²) in [7, 11) is 0. The molecule has 0 unspecified atom stereocenters. The Morgan fingerprint density at radius 2 is 1.94 bits per heavy atom. The second kappa shape index (κ2) is 5.87. The van der Waals surface area contributed by atoms with Gasteiger partial charge >= 0.3 is 0 Å². The van der Waals surface area contributed by atoms with Gasteiger partial charge in [0.25, 0.3) is 5.91 Å². The summed E-state index contributed by atoms with van der Waals surface area (Å²) in [6, 6.07) is 7.14. The van der Waals surface area contributed by atoms with Gasteiger partial charge in [-0.1, -0.05) is 12.1 Å². The van der Waals surface area contributed by atoms with E-state index in [4.69, 9.17) is 21.6 Å². The molecule has 0 aliphatic rings. The van der Waals surface area contributed by atoms with Crippen molar-refractivity contribution in [1.29, 1.82) is 5.41 Å². The van der Waals surface area contributed by atoms with E-state index in [0.29, 0.717) is 13.2 Å². The lowest BCUT2D eigenvalue weighted by Gasteiger charge is -2.05. The summed E-state index contributed by atoms with van der Waals surface area (Å²) in [4.78, 5) is 10.7. The Bertz CT molecular complexity index is 373. The third kappa shape index (κ3) is 3.70. The monoisotopic (exact) mass is 221 g/mol. The Morgan fingerprint density at radius 3 is 2.44 bits per heavy atom. The van der Waals surface area contributed by atoms with Gasteiger partial charge in [-0.25, -0.2) is 0 Å². The van der Waals surface area contributed by atoms with Crippen LogP contribution in [0.15, 0.2) is 24.3 Å². The van der Waals surface area contributed by atoms with Crippen molar-refractivity contribution in [3.8, 4) is 5.75 Å². The van der Waals surface area contributed by atoms with E-state index in [1.54, 1.807) is 24.3 Å². The smallest absolute Gasteiger partial charge is 0.262 e. The highest BCUT2D eigenvalue weighted by Gasteiger charge is 2.05. The van der Waals surface area contributed by atoms with E-state index in [1.807, 2.05) is 0 Å². The molecule has 0 atom stereocenters. The fourth-order valence-corrected chi connectivity index (χ4v) is 1.17. The highest BCUT2D eigenvalue weighted by Crippen LogP contribution is 2.12. The van der Waals surface area contributed by atoms with Gasteiger partial charge in [0.1, 0.15) is 18.1 Å². The zero-order chi connectivity index (χ0) is 12.0. The van der Waals surface area contributed by atoms with Crippen molar-refractivity contribution in [2.75, 3.05) is 13.2 Å². The maximum Gasteiger partial charge on any atom is 0.262 e. The minimum absolute atomic E-state index is 0.101. The largest absolute Gasteiger partial charge is 0.492 e. The molecule has 0 saturated heterocycles. The number of nitrogens with one attached hydrogen (secondary N) is 1. The molecular weight excluding hydrogens is 206 g/mol. The topological polar surface area (TPSA) is 102 Å². The molecule has 5 nitrogen and oxygen atoms in total. The molecular formula is C11H15N3O2. The van der Waals surface area contributed by atoms with Crippen LogP contribution in [-0.4, -0.2) is 24.8 Å². The van der Waals surface area contributed by atoms with Gasteiger partial charge in [0.2, 0.25) is 0 Å². The van der Waals surface area contributed by atoms with E-state index in [0.717, 1.165) is 11.3 Å². The molecule has 5 heteroatoms. The molecule has 0 bridgehead atoms. The summed E-state index contributed by atoms with van der Waals surface area (Å²) in [5.41, 5.74) is 11.0. The Labute approximate surface area is 93.9 Å². The van der Waals surface area contributed by atoms with E-state index < -0.39 is 5.91 Å². The van der Waals surface area contributed by atoms with E-state index in [2.05, 4.69) is 0 Å². The van der Waals surface area contributed by atoms with Crippen LogP contribution in [0.25, 0.3) is 0 Å². The average molecular weight is 221 g/mol. The number of rotatable bonds is 6. The molecule has 1 aromatic carbocycles. The van der Waals surface area contributed by atoms with Crippen LogP contribution in [0.1, 0.15) is 5.56 Å². The van der Waals surface area contributed by atoms with Gasteiger partial charge in [0.15, 0.2) is 0 Å². The maximum atomic E-state index is 10.7. The van der Waals surface area contributed by atoms with Crippen LogP contribution in [0.3, 0.4) is 0 Å². The minimum Gasteiger partial charge on any atom is -0.492 e. The number of primary amides is 1. The van der Waals surface area contributed by atoms with Gasteiger partial charge in [-0.05, 0) is 17.7 Å². The fraction of sp³-hybridized carbons (Fsp3) is 0.273. The first kappa shape index (κ1) is 12.2. The van der Waals surface area contributed by atoms with Gasteiger partial charge in [0.05, 0.1) is 0 Å². The van der Waals surface area contributed by atoms with E-state index in [9.17, 15) is 4.79 Å². The number of nitrogens with two attached hydrogens (primary N) is 2. The number of hydrogen-bond donors (Lipinski definition) is 3. The first-order valence-corrected chi connectivity index (χ1v) is 4.92. The fourth-order valence-electron chi connectivity index (χ4n) is 1.17. The molecule has 0 spiro atoms. The average Bonchev–Trinajstić information content (AvgIpc) is 2.28. The van der Waals surface area contributed by atoms with Crippen molar-refractivity contribution in [3.63, 3.8) is 0 Å².